The lowest BCUT2D eigenvalue weighted by Crippen LogP contribution is -1.97. The molecule has 56 valence electrons. The molecule has 0 fully saturated rings. The summed E-state index contributed by atoms with van der Waals surface area (Å²) >= 11 is 0. The SMILES string of the molecule is Cn1nc(C#N)c(NC=O)n1. The van der Waals surface area contributed by atoms with Gasteiger partial charge in [0.1, 0.15) is 6.07 Å². The number of nitrogens with zero attached hydrogens (tertiary/aromatic N) is 4. The normalized spacial score (nSPS) is 8.73. The van der Waals surface area contributed by atoms with E-state index >= 15 is 0 Å². The lowest BCUT2D eigenvalue weighted by molar-refractivity contribution is -0.105. The summed E-state index contributed by atoms with van der Waals surface area (Å²) in [6.07, 6.45) is 0.449. The number of aromatic nitrogens is 3. The molecule has 0 aliphatic carbocycles. The molecule has 0 unspecified atom stereocenters. The second-order valence-electron chi connectivity index (χ2n) is 1.76. The Labute approximate surface area is 62.4 Å². The van der Waals surface area contributed by atoms with Crippen LogP contribution in [-0.4, -0.2) is 21.4 Å². The molecule has 6 heteroatoms. The summed E-state index contributed by atoms with van der Waals surface area (Å²) in [5.41, 5.74) is 0.111. The van der Waals surface area contributed by atoms with Crippen LogP contribution < -0.4 is 5.32 Å². The number of carbonyl (C=O) groups is 1. The van der Waals surface area contributed by atoms with Gasteiger partial charge in [0.15, 0.2) is 5.82 Å². The molecule has 1 amide bonds. The molecule has 0 bridgehead atoms. The quantitative estimate of drug-likeness (QED) is 0.564. The largest absolute Gasteiger partial charge is 0.309 e. The van der Waals surface area contributed by atoms with Crippen molar-refractivity contribution in [1.82, 2.24) is 15.0 Å². The third-order valence-corrected chi connectivity index (χ3v) is 1.02. The first-order valence-corrected chi connectivity index (χ1v) is 2.79. The van der Waals surface area contributed by atoms with Gasteiger partial charge in [-0.2, -0.15) is 10.1 Å². The molecule has 11 heavy (non-hydrogen) atoms. The molecule has 0 atom stereocenters. The first-order valence-electron chi connectivity index (χ1n) is 2.79. The fraction of sp³-hybridized carbons (Fsp3) is 0.200. The van der Waals surface area contributed by atoms with Crippen molar-refractivity contribution >= 4 is 12.2 Å². The van der Waals surface area contributed by atoms with Gasteiger partial charge in [0, 0.05) is 7.05 Å². The number of nitrogens with one attached hydrogen (secondary N) is 1. The van der Waals surface area contributed by atoms with Crippen LogP contribution in [0.25, 0.3) is 0 Å². The van der Waals surface area contributed by atoms with Crippen molar-refractivity contribution < 1.29 is 4.79 Å². The minimum Gasteiger partial charge on any atom is -0.309 e. The van der Waals surface area contributed by atoms with Crippen LogP contribution in [-0.2, 0) is 11.8 Å². The summed E-state index contributed by atoms with van der Waals surface area (Å²) in [6, 6.07) is 1.79. The third kappa shape index (κ3) is 1.32. The van der Waals surface area contributed by atoms with Crippen LogP contribution in [0.2, 0.25) is 0 Å². The summed E-state index contributed by atoms with van der Waals surface area (Å²) in [5.74, 6) is 0.185. The van der Waals surface area contributed by atoms with Gasteiger partial charge in [-0.05, 0) is 0 Å². The highest BCUT2D eigenvalue weighted by Gasteiger charge is 2.06. The highest BCUT2D eigenvalue weighted by Crippen LogP contribution is 2.04. The molecular weight excluding hydrogens is 146 g/mol. The van der Waals surface area contributed by atoms with Gasteiger partial charge in [0.25, 0.3) is 0 Å². The van der Waals surface area contributed by atoms with Crippen molar-refractivity contribution in [2.45, 2.75) is 0 Å². The van der Waals surface area contributed by atoms with E-state index in [0.717, 1.165) is 0 Å². The molecule has 0 saturated heterocycles. The minimum absolute atomic E-state index is 0.111. The van der Waals surface area contributed by atoms with Crippen LogP contribution in [0.15, 0.2) is 0 Å². The summed E-state index contributed by atoms with van der Waals surface area (Å²) in [5, 5.41) is 18.1. The Kier molecular flexibility index (Phi) is 1.83. The molecule has 0 aliphatic heterocycles. The molecular formula is C5H5N5O. The average molecular weight is 151 g/mol. The molecule has 1 rings (SSSR count). The van der Waals surface area contributed by atoms with Crippen LogP contribution >= 0.6 is 0 Å². The van der Waals surface area contributed by atoms with Crippen LogP contribution in [0.4, 0.5) is 5.82 Å². The summed E-state index contributed by atoms with van der Waals surface area (Å²) in [4.78, 5) is 11.2. The average Bonchev–Trinajstić information content (AvgIpc) is 2.32. The highest BCUT2D eigenvalue weighted by atomic mass is 16.1. The molecule has 1 heterocycles. The standard InChI is InChI=1S/C5H5N5O/c1-10-8-4(2-6)5(9-10)7-3-11/h3H,1H3,(H,7,9,11). The van der Waals surface area contributed by atoms with Gasteiger partial charge < -0.3 is 5.32 Å². The molecule has 0 spiro atoms. The highest BCUT2D eigenvalue weighted by molar-refractivity contribution is 5.71. The Morgan fingerprint density at radius 3 is 3.00 bits per heavy atom. The van der Waals surface area contributed by atoms with E-state index in [-0.39, 0.29) is 11.5 Å². The molecule has 1 aromatic rings. The fourth-order valence-electron chi connectivity index (χ4n) is 0.635. The second-order valence-corrected chi connectivity index (χ2v) is 1.76. The Morgan fingerprint density at radius 2 is 2.45 bits per heavy atom. The first-order chi connectivity index (χ1) is 5.27. The third-order valence-electron chi connectivity index (χ3n) is 1.02. The van der Waals surface area contributed by atoms with E-state index in [1.165, 1.54) is 4.80 Å². The van der Waals surface area contributed by atoms with Gasteiger partial charge in [-0.3, -0.25) is 4.79 Å². The maximum Gasteiger partial charge on any atom is 0.212 e. The van der Waals surface area contributed by atoms with Crippen LogP contribution in [0, 0.1) is 11.3 Å². The van der Waals surface area contributed by atoms with Crippen LogP contribution in [0.1, 0.15) is 5.69 Å². The Morgan fingerprint density at radius 1 is 1.73 bits per heavy atom. The Hall–Kier alpha value is -1.90. The Bertz CT molecular complexity index is 309. The van der Waals surface area contributed by atoms with E-state index in [9.17, 15) is 4.79 Å². The van der Waals surface area contributed by atoms with Gasteiger partial charge in [0.2, 0.25) is 12.1 Å². The zero-order valence-corrected chi connectivity index (χ0v) is 5.77. The number of nitriles is 1. The number of carbonyl (C=O) groups excluding carboxylic acids is 1. The fourth-order valence-corrected chi connectivity index (χ4v) is 0.635. The van der Waals surface area contributed by atoms with Crippen molar-refractivity contribution in [2.75, 3.05) is 5.32 Å². The smallest absolute Gasteiger partial charge is 0.212 e. The number of hydrogen-bond acceptors (Lipinski definition) is 4. The molecule has 0 saturated carbocycles. The van der Waals surface area contributed by atoms with E-state index in [1.807, 2.05) is 0 Å². The van der Waals surface area contributed by atoms with Gasteiger partial charge >= 0.3 is 0 Å². The first kappa shape index (κ1) is 7.21. The number of rotatable bonds is 2. The topological polar surface area (TPSA) is 83.6 Å². The van der Waals surface area contributed by atoms with Crippen molar-refractivity contribution in [2.24, 2.45) is 7.05 Å². The number of amides is 1. The molecule has 1 N–H and O–H groups in total. The van der Waals surface area contributed by atoms with Gasteiger partial charge in [0.05, 0.1) is 0 Å². The van der Waals surface area contributed by atoms with Gasteiger partial charge in [-0.25, -0.2) is 0 Å². The van der Waals surface area contributed by atoms with Crippen molar-refractivity contribution in [3.8, 4) is 6.07 Å². The minimum atomic E-state index is 0.111. The van der Waals surface area contributed by atoms with Crippen molar-refractivity contribution in [3.05, 3.63) is 5.69 Å². The van der Waals surface area contributed by atoms with E-state index < -0.39 is 0 Å². The monoisotopic (exact) mass is 151 g/mol. The van der Waals surface area contributed by atoms with Gasteiger partial charge in [-0.1, -0.05) is 0 Å². The molecule has 6 nitrogen and oxygen atoms in total. The molecule has 0 aliphatic rings. The zero-order chi connectivity index (χ0) is 8.27. The Balaban J connectivity index is 3.04. The van der Waals surface area contributed by atoms with Crippen LogP contribution in [0.5, 0.6) is 0 Å². The van der Waals surface area contributed by atoms with Gasteiger partial charge in [-0.15, -0.1) is 10.2 Å². The summed E-state index contributed by atoms with van der Waals surface area (Å²) in [6.45, 7) is 0. The predicted octanol–water partition coefficient (Wildman–Crippen LogP) is -0.745. The number of hydrogen-bond donors (Lipinski definition) is 1. The molecule has 1 aromatic heterocycles. The lowest BCUT2D eigenvalue weighted by Gasteiger charge is -1.86. The van der Waals surface area contributed by atoms with E-state index in [2.05, 4.69) is 15.5 Å². The summed E-state index contributed by atoms with van der Waals surface area (Å²) < 4.78 is 0. The molecule has 0 aromatic carbocycles. The van der Waals surface area contributed by atoms with Crippen molar-refractivity contribution in [1.29, 1.82) is 5.26 Å². The maximum atomic E-state index is 9.95. The summed E-state index contributed by atoms with van der Waals surface area (Å²) in [7, 11) is 1.57. The predicted molar refractivity (Wildman–Crippen MR) is 35.4 cm³/mol. The van der Waals surface area contributed by atoms with Crippen molar-refractivity contribution in [3.63, 3.8) is 0 Å². The van der Waals surface area contributed by atoms with E-state index in [4.69, 9.17) is 5.26 Å². The second kappa shape index (κ2) is 2.79. The van der Waals surface area contributed by atoms with E-state index in [1.54, 1.807) is 13.1 Å². The zero-order valence-electron chi connectivity index (χ0n) is 5.77. The number of aryl methyl sites for hydroxylation is 1. The van der Waals surface area contributed by atoms with E-state index in [0.29, 0.717) is 6.41 Å². The lowest BCUT2D eigenvalue weighted by atomic mass is 10.5. The maximum absolute atomic E-state index is 9.95. The molecule has 0 radical (unpaired) electrons. The van der Waals surface area contributed by atoms with Crippen LogP contribution in [0.3, 0.4) is 0 Å². The number of anilines is 1.